The van der Waals surface area contributed by atoms with E-state index in [1.54, 1.807) is 13.0 Å². The predicted molar refractivity (Wildman–Crippen MR) is 234 cm³/mol. The van der Waals surface area contributed by atoms with E-state index >= 15 is 0 Å². The van der Waals surface area contributed by atoms with E-state index in [0.29, 0.717) is 18.6 Å². The summed E-state index contributed by atoms with van der Waals surface area (Å²) in [6.07, 6.45) is 11.6. The lowest BCUT2D eigenvalue weighted by Gasteiger charge is -2.32. The van der Waals surface area contributed by atoms with Crippen LogP contribution in [0.4, 0.5) is 0 Å². The van der Waals surface area contributed by atoms with Gasteiger partial charge in [0.1, 0.15) is 37.6 Å². The minimum Gasteiger partial charge on any atom is -0.492 e. The number of hydrogen-bond acceptors (Lipinski definition) is 11. The Morgan fingerprint density at radius 3 is 1.48 bits per heavy atom. The highest BCUT2D eigenvalue weighted by atomic mass is 16.6. The van der Waals surface area contributed by atoms with Gasteiger partial charge < -0.3 is 23.7 Å². The fourth-order valence-electron chi connectivity index (χ4n) is 6.24. The standard InChI is InChI=1S/C50H62O11/c1-8-9-10-11-12-13-15-39-17-19-40(20-18-39)21-22-41-23-25-42(26-24-41)43-27-28-45(44(30-43)16-14-29-57-46(53)35(2)3)58-31-50(32-59-47(54)36(4)5,33-60-48(55)37(6)51)34-61-49(56)38(7)52/h17-20,23-28,30H,2,4,8-16,21-22,29,31-34H2,1,3,5-7H3. The first-order chi connectivity index (χ1) is 29.1. The molecule has 0 heterocycles. The van der Waals surface area contributed by atoms with Gasteiger partial charge in [-0.1, -0.05) is 107 Å². The molecule has 0 unspecified atom stereocenters. The maximum atomic E-state index is 12.5. The van der Waals surface area contributed by atoms with Gasteiger partial charge in [-0.3, -0.25) is 9.59 Å². The first-order valence-electron chi connectivity index (χ1n) is 21.1. The van der Waals surface area contributed by atoms with Crippen molar-refractivity contribution in [2.45, 2.75) is 105 Å². The fourth-order valence-corrected chi connectivity index (χ4v) is 6.24. The molecular formula is C50H62O11. The number of benzene rings is 3. The maximum Gasteiger partial charge on any atom is 0.374 e. The molecule has 3 rings (SSSR count). The molecule has 61 heavy (non-hydrogen) atoms. The summed E-state index contributed by atoms with van der Waals surface area (Å²) < 4.78 is 27.6. The number of carbonyl (C=O) groups is 6. The molecule has 0 spiro atoms. The summed E-state index contributed by atoms with van der Waals surface area (Å²) in [6, 6.07) is 23.0. The van der Waals surface area contributed by atoms with Crippen molar-refractivity contribution >= 4 is 35.4 Å². The molecule has 0 aliphatic heterocycles. The van der Waals surface area contributed by atoms with E-state index in [-0.39, 0.29) is 24.4 Å². The van der Waals surface area contributed by atoms with Crippen molar-refractivity contribution in [2.24, 2.45) is 5.41 Å². The van der Waals surface area contributed by atoms with Crippen molar-refractivity contribution < 1.29 is 52.5 Å². The van der Waals surface area contributed by atoms with Gasteiger partial charge in [0.15, 0.2) is 0 Å². The van der Waals surface area contributed by atoms with Gasteiger partial charge in [-0.25, -0.2) is 19.2 Å². The Kier molecular flexibility index (Phi) is 20.9. The largest absolute Gasteiger partial charge is 0.492 e. The van der Waals surface area contributed by atoms with Gasteiger partial charge in [0.05, 0.1) is 6.61 Å². The molecule has 0 aliphatic rings. The number of hydrogen-bond donors (Lipinski definition) is 0. The Balaban J connectivity index is 1.83. The summed E-state index contributed by atoms with van der Waals surface area (Å²) in [4.78, 5) is 72.6. The normalized spacial score (nSPS) is 11.0. The van der Waals surface area contributed by atoms with Crippen LogP contribution in [-0.2, 0) is 73.4 Å². The number of Topliss-reactive ketones (excluding diaryl/α,β-unsaturated/α-hetero) is 2. The average molecular weight is 839 g/mol. The molecule has 0 radical (unpaired) electrons. The van der Waals surface area contributed by atoms with E-state index in [2.05, 4.69) is 68.6 Å². The van der Waals surface area contributed by atoms with Crippen LogP contribution in [0.5, 0.6) is 5.75 Å². The summed E-state index contributed by atoms with van der Waals surface area (Å²) in [5.41, 5.74) is 5.32. The third kappa shape index (κ3) is 17.7. The van der Waals surface area contributed by atoms with Crippen molar-refractivity contribution in [3.8, 4) is 16.9 Å². The van der Waals surface area contributed by atoms with Crippen LogP contribution in [0, 0.1) is 5.41 Å². The fraction of sp³-hybridized carbons (Fsp3) is 0.440. The highest BCUT2D eigenvalue weighted by molar-refractivity contribution is 6.32. The SMILES string of the molecule is C=C(C)C(=O)OCCCc1cc(-c2ccc(CCc3ccc(CCCCCCCC)cc3)cc2)ccc1OCC(COC(=O)C(=C)C)(COC(=O)C(C)=O)COC(=O)C(C)=O. The van der Waals surface area contributed by atoms with Crippen molar-refractivity contribution in [1.82, 2.24) is 0 Å². The second kappa shape index (κ2) is 25.7. The van der Waals surface area contributed by atoms with E-state index in [0.717, 1.165) is 49.8 Å². The Morgan fingerprint density at radius 1 is 0.492 bits per heavy atom. The van der Waals surface area contributed by atoms with Crippen molar-refractivity contribution in [3.05, 3.63) is 113 Å². The third-order valence-electron chi connectivity index (χ3n) is 10.0. The van der Waals surface area contributed by atoms with E-state index in [1.165, 1.54) is 62.1 Å². The topological polar surface area (TPSA) is 149 Å². The first-order valence-corrected chi connectivity index (χ1v) is 21.1. The Bertz CT molecular complexity index is 1900. The Morgan fingerprint density at radius 2 is 0.951 bits per heavy atom. The van der Waals surface area contributed by atoms with Gasteiger partial charge >= 0.3 is 23.9 Å². The first kappa shape index (κ1) is 49.5. The molecule has 0 atom stereocenters. The second-order valence-corrected chi connectivity index (χ2v) is 15.8. The van der Waals surface area contributed by atoms with Crippen molar-refractivity contribution in [1.29, 1.82) is 0 Å². The Hall–Kier alpha value is -5.84. The van der Waals surface area contributed by atoms with Crippen molar-refractivity contribution in [2.75, 3.05) is 33.0 Å². The molecule has 0 saturated carbocycles. The molecule has 11 nitrogen and oxygen atoms in total. The summed E-state index contributed by atoms with van der Waals surface area (Å²) in [6.45, 7) is 12.7. The van der Waals surface area contributed by atoms with Crippen LogP contribution in [0.3, 0.4) is 0 Å². The average Bonchev–Trinajstić information content (AvgIpc) is 3.25. The van der Waals surface area contributed by atoms with Crippen LogP contribution in [0.15, 0.2) is 91.0 Å². The van der Waals surface area contributed by atoms with E-state index in [1.807, 2.05) is 12.1 Å². The summed E-state index contributed by atoms with van der Waals surface area (Å²) in [5, 5.41) is 0. The molecule has 0 aliphatic carbocycles. The molecule has 0 amide bonds. The third-order valence-corrected chi connectivity index (χ3v) is 10.0. The van der Waals surface area contributed by atoms with Crippen LogP contribution < -0.4 is 4.74 Å². The molecule has 0 N–H and O–H groups in total. The number of ether oxygens (including phenoxy) is 5. The summed E-state index contributed by atoms with van der Waals surface area (Å²) >= 11 is 0. The maximum absolute atomic E-state index is 12.5. The molecule has 3 aromatic carbocycles. The zero-order valence-electron chi connectivity index (χ0n) is 36.6. The molecule has 0 aromatic heterocycles. The van der Waals surface area contributed by atoms with Crippen molar-refractivity contribution in [3.63, 3.8) is 0 Å². The van der Waals surface area contributed by atoms with Crippen LogP contribution in [0.25, 0.3) is 11.1 Å². The van der Waals surface area contributed by atoms with Crippen LogP contribution in [-0.4, -0.2) is 68.5 Å². The van der Waals surface area contributed by atoms with Crippen LogP contribution >= 0.6 is 0 Å². The minimum absolute atomic E-state index is 0.0816. The van der Waals surface area contributed by atoms with E-state index in [4.69, 9.17) is 23.7 Å². The minimum atomic E-state index is -1.56. The van der Waals surface area contributed by atoms with Gasteiger partial charge in [0, 0.05) is 25.0 Å². The van der Waals surface area contributed by atoms with Gasteiger partial charge in [-0.2, -0.15) is 0 Å². The zero-order valence-corrected chi connectivity index (χ0v) is 36.6. The molecule has 0 bridgehead atoms. The lowest BCUT2D eigenvalue weighted by molar-refractivity contribution is -0.168. The molecule has 0 saturated heterocycles. The molecule has 328 valence electrons. The van der Waals surface area contributed by atoms with Gasteiger partial charge in [0.2, 0.25) is 11.6 Å². The Labute approximate surface area is 360 Å². The van der Waals surface area contributed by atoms with E-state index in [9.17, 15) is 28.8 Å². The number of esters is 4. The number of carbonyl (C=O) groups excluding carboxylic acids is 6. The van der Waals surface area contributed by atoms with Crippen LogP contribution in [0.2, 0.25) is 0 Å². The quantitative estimate of drug-likeness (QED) is 0.0227. The monoisotopic (exact) mass is 838 g/mol. The smallest absolute Gasteiger partial charge is 0.374 e. The lowest BCUT2D eigenvalue weighted by Crippen LogP contribution is -2.45. The highest BCUT2D eigenvalue weighted by Crippen LogP contribution is 2.31. The highest BCUT2D eigenvalue weighted by Gasteiger charge is 2.38. The van der Waals surface area contributed by atoms with Crippen LogP contribution in [0.1, 0.15) is 102 Å². The zero-order chi connectivity index (χ0) is 44.8. The summed E-state index contributed by atoms with van der Waals surface area (Å²) in [5.74, 6) is -4.96. The number of ketones is 2. The molecule has 0 fully saturated rings. The predicted octanol–water partition coefficient (Wildman–Crippen LogP) is 8.84. The molecule has 11 heteroatoms. The van der Waals surface area contributed by atoms with E-state index < -0.39 is 60.7 Å². The molecular weight excluding hydrogens is 777 g/mol. The molecule has 3 aromatic rings. The lowest BCUT2D eigenvalue weighted by atomic mass is 9.91. The summed E-state index contributed by atoms with van der Waals surface area (Å²) in [7, 11) is 0. The number of rotatable bonds is 28. The number of unbranched alkanes of at least 4 members (excludes halogenated alkanes) is 5. The number of aryl methyl sites for hydroxylation is 4. The van der Waals surface area contributed by atoms with Gasteiger partial charge in [-0.05, 0) is 97.9 Å². The van der Waals surface area contributed by atoms with Gasteiger partial charge in [-0.15, -0.1) is 0 Å². The second-order valence-electron chi connectivity index (χ2n) is 15.8. The van der Waals surface area contributed by atoms with Gasteiger partial charge in [0.25, 0.3) is 0 Å².